The van der Waals surface area contributed by atoms with Crippen molar-refractivity contribution in [3.63, 3.8) is 0 Å². The van der Waals surface area contributed by atoms with Crippen LogP contribution in [-0.2, 0) is 16.1 Å². The summed E-state index contributed by atoms with van der Waals surface area (Å²) in [5.41, 5.74) is -0.365. The number of hydrogen-bond donors (Lipinski definition) is 0. The second-order valence-corrected chi connectivity index (χ2v) is 3.90. The maximum Gasteiger partial charge on any atom is 0.307 e. The lowest BCUT2D eigenvalue weighted by molar-refractivity contribution is -0.143. The number of aromatic nitrogens is 1. The van der Waals surface area contributed by atoms with Crippen LogP contribution < -0.4 is 5.56 Å². The Labute approximate surface area is 103 Å². The summed E-state index contributed by atoms with van der Waals surface area (Å²) >= 11 is 11.4. The van der Waals surface area contributed by atoms with Crippen LogP contribution in [0.3, 0.4) is 0 Å². The van der Waals surface area contributed by atoms with Gasteiger partial charge in [-0.25, -0.2) is 0 Å². The Balaban J connectivity index is 2.74. The number of rotatable bonds is 4. The molecule has 1 aromatic heterocycles. The van der Waals surface area contributed by atoms with Crippen molar-refractivity contribution in [2.45, 2.75) is 19.9 Å². The summed E-state index contributed by atoms with van der Waals surface area (Å²) in [7, 11) is 0. The molecule has 0 aromatic carbocycles. The molecule has 88 valence electrons. The predicted molar refractivity (Wildman–Crippen MR) is 62.0 cm³/mol. The monoisotopic (exact) mass is 263 g/mol. The molecule has 0 aliphatic carbocycles. The number of aryl methyl sites for hydroxylation is 1. The third-order valence-corrected chi connectivity index (χ3v) is 2.35. The van der Waals surface area contributed by atoms with Gasteiger partial charge in [-0.15, -0.1) is 0 Å². The van der Waals surface area contributed by atoms with Crippen molar-refractivity contribution < 1.29 is 9.53 Å². The molecule has 1 rings (SSSR count). The van der Waals surface area contributed by atoms with Crippen LogP contribution in [0.4, 0.5) is 0 Å². The van der Waals surface area contributed by atoms with Crippen molar-refractivity contribution in [3.8, 4) is 0 Å². The first-order chi connectivity index (χ1) is 7.54. The van der Waals surface area contributed by atoms with Gasteiger partial charge in [-0.05, 0) is 13.0 Å². The Kier molecular flexibility index (Phi) is 4.83. The van der Waals surface area contributed by atoms with Gasteiger partial charge < -0.3 is 9.30 Å². The van der Waals surface area contributed by atoms with Crippen LogP contribution in [0.2, 0.25) is 10.0 Å². The van der Waals surface area contributed by atoms with Crippen LogP contribution in [0.15, 0.2) is 17.1 Å². The predicted octanol–water partition coefficient (Wildman–Crippen LogP) is 2.11. The highest BCUT2D eigenvalue weighted by Gasteiger charge is 2.06. The lowest BCUT2D eigenvalue weighted by Gasteiger charge is -2.06. The van der Waals surface area contributed by atoms with Crippen molar-refractivity contribution in [1.82, 2.24) is 4.57 Å². The molecule has 0 aliphatic rings. The van der Waals surface area contributed by atoms with E-state index in [0.29, 0.717) is 11.6 Å². The Morgan fingerprint density at radius 2 is 2.19 bits per heavy atom. The molecule has 0 saturated heterocycles. The molecule has 0 spiro atoms. The van der Waals surface area contributed by atoms with Gasteiger partial charge in [0.25, 0.3) is 5.56 Å². The van der Waals surface area contributed by atoms with Crippen molar-refractivity contribution in [3.05, 3.63) is 32.7 Å². The molecule has 16 heavy (non-hydrogen) atoms. The third kappa shape index (κ3) is 3.54. The highest BCUT2D eigenvalue weighted by molar-refractivity contribution is 6.34. The molecule has 0 aliphatic heterocycles. The van der Waals surface area contributed by atoms with E-state index in [1.165, 1.54) is 16.8 Å². The number of esters is 1. The first kappa shape index (κ1) is 13.1. The number of carbonyl (C=O) groups excluding carboxylic acids is 1. The molecule has 1 heterocycles. The molecule has 1 aromatic rings. The average molecular weight is 264 g/mol. The molecule has 0 amide bonds. The minimum atomic E-state index is -0.365. The molecular weight excluding hydrogens is 253 g/mol. The van der Waals surface area contributed by atoms with Gasteiger partial charge in [0.15, 0.2) is 0 Å². The van der Waals surface area contributed by atoms with Gasteiger partial charge in [-0.1, -0.05) is 23.2 Å². The van der Waals surface area contributed by atoms with Gasteiger partial charge in [0, 0.05) is 12.7 Å². The van der Waals surface area contributed by atoms with Crippen molar-refractivity contribution in [2.75, 3.05) is 6.61 Å². The van der Waals surface area contributed by atoms with Crippen LogP contribution in [0.25, 0.3) is 0 Å². The second-order valence-electron chi connectivity index (χ2n) is 3.06. The zero-order valence-electron chi connectivity index (χ0n) is 8.70. The fraction of sp³-hybridized carbons (Fsp3) is 0.400. The summed E-state index contributed by atoms with van der Waals surface area (Å²) in [6.07, 6.45) is 1.55. The number of carbonyl (C=O) groups is 1. The van der Waals surface area contributed by atoms with E-state index in [9.17, 15) is 9.59 Å². The summed E-state index contributed by atoms with van der Waals surface area (Å²) in [5.74, 6) is -0.356. The number of ether oxygens (including phenoxy) is 1. The van der Waals surface area contributed by atoms with E-state index in [2.05, 4.69) is 0 Å². The zero-order chi connectivity index (χ0) is 12.1. The summed E-state index contributed by atoms with van der Waals surface area (Å²) in [6, 6.07) is 1.37. The Morgan fingerprint density at radius 1 is 1.50 bits per heavy atom. The molecule has 4 nitrogen and oxygen atoms in total. The SMILES string of the molecule is CCOC(=O)CCn1cc(Cl)cc(Cl)c1=O. The minimum Gasteiger partial charge on any atom is -0.466 e. The first-order valence-electron chi connectivity index (χ1n) is 4.75. The maximum atomic E-state index is 11.5. The molecule has 6 heteroatoms. The fourth-order valence-corrected chi connectivity index (χ4v) is 1.68. The van der Waals surface area contributed by atoms with Crippen LogP contribution in [-0.4, -0.2) is 17.1 Å². The van der Waals surface area contributed by atoms with Crippen LogP contribution in [0.1, 0.15) is 13.3 Å². The molecular formula is C10H11Cl2NO3. The molecule has 0 saturated carbocycles. The largest absolute Gasteiger partial charge is 0.466 e. The number of pyridine rings is 1. The minimum absolute atomic E-state index is 0.0383. The number of halogens is 2. The fourth-order valence-electron chi connectivity index (χ4n) is 1.18. The van der Waals surface area contributed by atoms with E-state index in [1.807, 2.05) is 0 Å². The highest BCUT2D eigenvalue weighted by atomic mass is 35.5. The van der Waals surface area contributed by atoms with Crippen molar-refractivity contribution in [2.24, 2.45) is 0 Å². The van der Waals surface area contributed by atoms with E-state index in [4.69, 9.17) is 27.9 Å². The van der Waals surface area contributed by atoms with E-state index in [1.54, 1.807) is 6.92 Å². The summed E-state index contributed by atoms with van der Waals surface area (Å²) in [6.45, 7) is 2.25. The molecule has 0 fully saturated rings. The van der Waals surface area contributed by atoms with E-state index >= 15 is 0 Å². The van der Waals surface area contributed by atoms with Gasteiger partial charge in [0.1, 0.15) is 5.02 Å². The lowest BCUT2D eigenvalue weighted by atomic mass is 10.4. The molecule has 0 unspecified atom stereocenters. The lowest BCUT2D eigenvalue weighted by Crippen LogP contribution is -2.21. The van der Waals surface area contributed by atoms with Crippen LogP contribution in [0, 0.1) is 0 Å². The van der Waals surface area contributed by atoms with Crippen molar-refractivity contribution >= 4 is 29.2 Å². The Morgan fingerprint density at radius 3 is 2.81 bits per heavy atom. The van der Waals surface area contributed by atoms with Gasteiger partial charge in [-0.2, -0.15) is 0 Å². The van der Waals surface area contributed by atoms with E-state index in [-0.39, 0.29) is 29.5 Å². The van der Waals surface area contributed by atoms with E-state index < -0.39 is 0 Å². The second kappa shape index (κ2) is 5.92. The molecule has 0 bridgehead atoms. The van der Waals surface area contributed by atoms with Gasteiger partial charge in [-0.3, -0.25) is 9.59 Å². The number of nitrogens with zero attached hydrogens (tertiary/aromatic N) is 1. The van der Waals surface area contributed by atoms with Gasteiger partial charge in [0.05, 0.1) is 18.1 Å². The Bertz CT molecular complexity index is 442. The van der Waals surface area contributed by atoms with Crippen LogP contribution >= 0.6 is 23.2 Å². The first-order valence-corrected chi connectivity index (χ1v) is 5.51. The standard InChI is InChI=1S/C10H11Cl2NO3/c1-2-16-9(14)3-4-13-6-7(11)5-8(12)10(13)15/h5-6H,2-4H2,1H3. The topological polar surface area (TPSA) is 48.3 Å². The normalized spacial score (nSPS) is 10.2. The summed E-state index contributed by atoms with van der Waals surface area (Å²) < 4.78 is 6.04. The van der Waals surface area contributed by atoms with Crippen LogP contribution in [0.5, 0.6) is 0 Å². The summed E-state index contributed by atoms with van der Waals surface area (Å²) in [5, 5.41) is 0.393. The molecule has 0 atom stereocenters. The zero-order valence-corrected chi connectivity index (χ0v) is 10.2. The van der Waals surface area contributed by atoms with Crippen molar-refractivity contribution in [1.29, 1.82) is 0 Å². The third-order valence-electron chi connectivity index (χ3n) is 1.87. The van der Waals surface area contributed by atoms with E-state index in [0.717, 1.165) is 0 Å². The molecule has 0 N–H and O–H groups in total. The van der Waals surface area contributed by atoms with Gasteiger partial charge >= 0.3 is 5.97 Å². The Hall–Kier alpha value is -1.00. The summed E-state index contributed by atoms with van der Waals surface area (Å²) in [4.78, 5) is 22.6. The molecule has 0 radical (unpaired) electrons. The average Bonchev–Trinajstić information content (AvgIpc) is 2.21. The quantitative estimate of drug-likeness (QED) is 0.782. The van der Waals surface area contributed by atoms with Gasteiger partial charge in [0.2, 0.25) is 0 Å². The highest BCUT2D eigenvalue weighted by Crippen LogP contribution is 2.11. The smallest absolute Gasteiger partial charge is 0.307 e. The number of hydrogen-bond acceptors (Lipinski definition) is 3. The maximum absolute atomic E-state index is 11.5.